The van der Waals surface area contributed by atoms with Crippen LogP contribution in [0.5, 0.6) is 0 Å². The molecule has 0 spiro atoms. The average Bonchev–Trinajstić information content (AvgIpc) is 3.27. The van der Waals surface area contributed by atoms with Gasteiger partial charge in [-0.1, -0.05) is 12.1 Å². The number of sulfonamides is 1. The van der Waals surface area contributed by atoms with Gasteiger partial charge in [-0.15, -0.1) is 35.3 Å². The van der Waals surface area contributed by atoms with E-state index in [1.807, 2.05) is 24.3 Å². The van der Waals surface area contributed by atoms with Gasteiger partial charge in [-0.2, -0.15) is 4.31 Å². The third-order valence-electron chi connectivity index (χ3n) is 4.73. The highest BCUT2D eigenvalue weighted by Crippen LogP contribution is 2.14. The van der Waals surface area contributed by atoms with Gasteiger partial charge in [0.2, 0.25) is 10.0 Å². The van der Waals surface area contributed by atoms with Crippen molar-refractivity contribution in [2.24, 2.45) is 4.99 Å². The normalized spacial score (nSPS) is 15.5. The van der Waals surface area contributed by atoms with Crippen molar-refractivity contribution in [3.63, 3.8) is 0 Å². The van der Waals surface area contributed by atoms with E-state index in [1.54, 1.807) is 28.9 Å². The van der Waals surface area contributed by atoms with Crippen LogP contribution >= 0.6 is 35.3 Å². The van der Waals surface area contributed by atoms with E-state index >= 15 is 0 Å². The number of rotatable bonds is 8. The van der Waals surface area contributed by atoms with E-state index in [-0.39, 0.29) is 29.7 Å². The maximum absolute atomic E-state index is 12.7. The Balaban J connectivity index is 0.00000320. The van der Waals surface area contributed by atoms with Crippen molar-refractivity contribution in [2.75, 3.05) is 57.0 Å². The molecule has 11 heteroatoms. The summed E-state index contributed by atoms with van der Waals surface area (Å²) in [5.74, 6) is 1.56. The minimum Gasteiger partial charge on any atom is -0.356 e. The van der Waals surface area contributed by atoms with Gasteiger partial charge in [0.15, 0.2) is 5.96 Å². The van der Waals surface area contributed by atoms with Gasteiger partial charge in [-0.05, 0) is 30.0 Å². The summed E-state index contributed by atoms with van der Waals surface area (Å²) in [4.78, 5) is 11.9. The molecule has 30 heavy (non-hydrogen) atoms. The molecule has 0 unspecified atom stereocenters. The first-order valence-corrected chi connectivity index (χ1v) is 12.2. The first-order valence-electron chi connectivity index (χ1n) is 9.69. The molecule has 1 fully saturated rings. The van der Waals surface area contributed by atoms with Gasteiger partial charge in [0.25, 0.3) is 0 Å². The van der Waals surface area contributed by atoms with Crippen LogP contribution in [0.4, 0.5) is 5.82 Å². The van der Waals surface area contributed by atoms with Gasteiger partial charge in [0, 0.05) is 57.4 Å². The lowest BCUT2D eigenvalue weighted by atomic mass is 10.3. The fraction of sp³-hybridized carbons (Fsp3) is 0.474. The molecule has 0 saturated carbocycles. The highest BCUT2D eigenvalue weighted by atomic mass is 127. The molecule has 1 aliphatic heterocycles. The monoisotopic (exact) mass is 564 g/mol. The fourth-order valence-electron chi connectivity index (χ4n) is 3.14. The number of hydrogen-bond acceptors (Lipinski definition) is 6. The first-order chi connectivity index (χ1) is 14.1. The number of nitrogens with one attached hydrogen (secondary N) is 2. The number of guanidine groups is 1. The number of nitrogens with zero attached hydrogens (tertiary/aromatic N) is 4. The Bertz CT molecular complexity index is 870. The second-order valence-corrected chi connectivity index (χ2v) is 9.77. The molecule has 3 rings (SSSR count). The first kappa shape index (κ1) is 24.8. The topological polar surface area (TPSA) is 89.9 Å². The molecule has 2 aromatic rings. The summed E-state index contributed by atoms with van der Waals surface area (Å²) in [5.41, 5.74) is 0. The van der Waals surface area contributed by atoms with Crippen LogP contribution in [0.25, 0.3) is 0 Å². The van der Waals surface area contributed by atoms with Gasteiger partial charge in [0.1, 0.15) is 5.82 Å². The number of aliphatic imine (C=N–C) groups is 1. The van der Waals surface area contributed by atoms with Crippen LogP contribution in [0.1, 0.15) is 4.88 Å². The second kappa shape index (κ2) is 12.4. The molecule has 0 atom stereocenters. The minimum absolute atomic E-state index is 0. The summed E-state index contributed by atoms with van der Waals surface area (Å²) < 4.78 is 26.9. The molecule has 2 N–H and O–H groups in total. The van der Waals surface area contributed by atoms with E-state index < -0.39 is 10.0 Å². The number of anilines is 1. The third kappa shape index (κ3) is 7.36. The zero-order valence-electron chi connectivity index (χ0n) is 17.0. The zero-order valence-corrected chi connectivity index (χ0v) is 21.0. The predicted octanol–water partition coefficient (Wildman–Crippen LogP) is 1.62. The fourth-order valence-corrected chi connectivity index (χ4v) is 5.19. The Morgan fingerprint density at radius 1 is 1.13 bits per heavy atom. The van der Waals surface area contributed by atoms with Gasteiger partial charge in [-0.25, -0.2) is 13.4 Å². The van der Waals surface area contributed by atoms with E-state index in [4.69, 9.17) is 0 Å². The maximum atomic E-state index is 12.7. The summed E-state index contributed by atoms with van der Waals surface area (Å²) in [7, 11) is -1.62. The molecule has 0 amide bonds. The minimum atomic E-state index is -3.31. The van der Waals surface area contributed by atoms with E-state index in [0.717, 1.165) is 18.8 Å². The highest BCUT2D eigenvalue weighted by Gasteiger charge is 2.27. The smallest absolute Gasteiger partial charge is 0.215 e. The summed E-state index contributed by atoms with van der Waals surface area (Å²) in [6, 6.07) is 9.91. The van der Waals surface area contributed by atoms with Gasteiger partial charge in [-0.3, -0.25) is 4.99 Å². The van der Waals surface area contributed by atoms with Crippen molar-refractivity contribution < 1.29 is 8.42 Å². The van der Waals surface area contributed by atoms with Crippen molar-refractivity contribution >= 4 is 57.1 Å². The quantitative estimate of drug-likeness (QED) is 0.288. The number of pyridine rings is 1. The Kier molecular flexibility index (Phi) is 10.3. The molecular weight excluding hydrogens is 535 g/mol. The summed E-state index contributed by atoms with van der Waals surface area (Å²) in [6.07, 6.45) is 2.67. The van der Waals surface area contributed by atoms with E-state index in [2.05, 4.69) is 37.0 Å². The van der Waals surface area contributed by atoms with Crippen LogP contribution in [0, 0.1) is 0 Å². The Morgan fingerprint density at radius 2 is 1.90 bits per heavy atom. The van der Waals surface area contributed by atoms with Crippen LogP contribution < -0.4 is 15.5 Å². The Labute approximate surface area is 199 Å². The largest absolute Gasteiger partial charge is 0.356 e. The lowest BCUT2D eigenvalue weighted by Gasteiger charge is -2.34. The number of halogens is 1. The molecule has 166 valence electrons. The Hall–Kier alpha value is -1.44. The molecule has 0 bridgehead atoms. The number of piperazine rings is 1. The number of hydrogen-bond donors (Lipinski definition) is 2. The van der Waals surface area contributed by atoms with Gasteiger partial charge in [0.05, 0.1) is 5.75 Å². The van der Waals surface area contributed by atoms with Crippen molar-refractivity contribution in [1.29, 1.82) is 0 Å². The molecule has 0 aromatic carbocycles. The summed E-state index contributed by atoms with van der Waals surface area (Å²) in [5, 5.41) is 8.38. The molecule has 0 radical (unpaired) electrons. The zero-order chi connectivity index (χ0) is 20.5. The molecule has 3 heterocycles. The van der Waals surface area contributed by atoms with Crippen LogP contribution in [0.3, 0.4) is 0 Å². The summed E-state index contributed by atoms with van der Waals surface area (Å²) in [6.45, 7) is 3.33. The third-order valence-corrected chi connectivity index (χ3v) is 7.53. The van der Waals surface area contributed by atoms with Gasteiger partial charge < -0.3 is 15.5 Å². The highest BCUT2D eigenvalue weighted by molar-refractivity contribution is 14.0. The standard InChI is InChI=1S/C19H28N6O2S2.HI/c1-20-19(22-9-7-17-5-4-15-28-17)23-10-16-29(26,27)25-13-11-24(12-14-25)18-6-2-3-8-21-18;/h2-6,8,15H,7,9-14,16H2,1H3,(H2,20,22,23);1H. The maximum Gasteiger partial charge on any atom is 0.215 e. The van der Waals surface area contributed by atoms with E-state index in [0.29, 0.717) is 38.7 Å². The van der Waals surface area contributed by atoms with Crippen LogP contribution in [-0.2, 0) is 16.4 Å². The lowest BCUT2D eigenvalue weighted by Crippen LogP contribution is -2.50. The van der Waals surface area contributed by atoms with Gasteiger partial charge >= 0.3 is 0 Å². The SMILES string of the molecule is CN=C(NCCc1cccs1)NCCS(=O)(=O)N1CCN(c2ccccn2)CC1.I. The van der Waals surface area contributed by atoms with Crippen LogP contribution in [0.15, 0.2) is 46.9 Å². The van der Waals surface area contributed by atoms with Crippen molar-refractivity contribution in [3.05, 3.63) is 46.8 Å². The predicted molar refractivity (Wildman–Crippen MR) is 135 cm³/mol. The molecule has 1 saturated heterocycles. The van der Waals surface area contributed by atoms with E-state index in [9.17, 15) is 8.42 Å². The number of thiophene rings is 1. The molecule has 8 nitrogen and oxygen atoms in total. The van der Waals surface area contributed by atoms with Crippen LogP contribution in [-0.4, -0.2) is 75.7 Å². The molecule has 0 aliphatic carbocycles. The van der Waals surface area contributed by atoms with Crippen LogP contribution in [0.2, 0.25) is 0 Å². The van der Waals surface area contributed by atoms with E-state index in [1.165, 1.54) is 4.88 Å². The Morgan fingerprint density at radius 3 is 2.53 bits per heavy atom. The second-order valence-electron chi connectivity index (χ2n) is 6.65. The molecular formula is C19H29IN6O2S2. The van der Waals surface area contributed by atoms with Crippen molar-refractivity contribution in [2.45, 2.75) is 6.42 Å². The average molecular weight is 565 g/mol. The number of aromatic nitrogens is 1. The molecule has 2 aromatic heterocycles. The summed E-state index contributed by atoms with van der Waals surface area (Å²) >= 11 is 1.73. The van der Waals surface area contributed by atoms with Crippen molar-refractivity contribution in [1.82, 2.24) is 19.9 Å². The van der Waals surface area contributed by atoms with Crippen molar-refractivity contribution in [3.8, 4) is 0 Å². The molecule has 1 aliphatic rings. The lowest BCUT2D eigenvalue weighted by molar-refractivity contribution is 0.384.